The molecule has 2 amide bonds. The molecule has 31 heavy (non-hydrogen) atoms. The van der Waals surface area contributed by atoms with E-state index in [0.29, 0.717) is 37.8 Å². The summed E-state index contributed by atoms with van der Waals surface area (Å²) >= 11 is 0. The van der Waals surface area contributed by atoms with Crippen molar-refractivity contribution in [1.29, 1.82) is 0 Å². The number of carbonyl (C=O) groups is 2. The van der Waals surface area contributed by atoms with Gasteiger partial charge >= 0.3 is 6.09 Å². The van der Waals surface area contributed by atoms with Crippen LogP contribution in [0.5, 0.6) is 5.75 Å². The summed E-state index contributed by atoms with van der Waals surface area (Å²) in [6.45, 7) is 6.57. The van der Waals surface area contributed by atoms with Crippen molar-refractivity contribution in [2.24, 2.45) is 0 Å². The van der Waals surface area contributed by atoms with Crippen molar-refractivity contribution in [2.45, 2.75) is 26.2 Å². The average Bonchev–Trinajstić information content (AvgIpc) is 2.82. The standard InChI is InChI=1S/C23H30N4O4/c1-4-17(2)18-7-5-6-8-21(18)31-16-22(28)25-19-15-24-10-9-20(19)26-11-13-27(14-12-26)23(29)30-3/h5-10,15,17H,4,11-14,16H2,1-3H3,(H,25,28)/t17-/m1/s1. The molecule has 1 aliphatic rings. The van der Waals surface area contributed by atoms with Crippen LogP contribution in [0.15, 0.2) is 42.7 Å². The quantitative estimate of drug-likeness (QED) is 0.730. The van der Waals surface area contributed by atoms with Gasteiger partial charge < -0.3 is 24.6 Å². The lowest BCUT2D eigenvalue weighted by Gasteiger charge is -2.36. The van der Waals surface area contributed by atoms with Gasteiger partial charge in [0.25, 0.3) is 5.91 Å². The van der Waals surface area contributed by atoms with Crippen LogP contribution in [0.25, 0.3) is 0 Å². The van der Waals surface area contributed by atoms with Gasteiger partial charge in [0.1, 0.15) is 5.75 Å². The molecule has 0 aliphatic carbocycles. The van der Waals surface area contributed by atoms with E-state index in [1.54, 1.807) is 17.3 Å². The van der Waals surface area contributed by atoms with E-state index in [1.807, 2.05) is 30.3 Å². The van der Waals surface area contributed by atoms with Crippen molar-refractivity contribution < 1.29 is 19.1 Å². The number of aromatic nitrogens is 1. The molecule has 0 radical (unpaired) electrons. The number of amides is 2. The number of nitrogens with zero attached hydrogens (tertiary/aromatic N) is 3. The fourth-order valence-corrected chi connectivity index (χ4v) is 3.59. The van der Waals surface area contributed by atoms with Gasteiger partial charge in [-0.05, 0) is 30.0 Å². The van der Waals surface area contributed by atoms with Gasteiger partial charge in [-0.2, -0.15) is 0 Å². The number of pyridine rings is 1. The van der Waals surface area contributed by atoms with E-state index in [1.165, 1.54) is 7.11 Å². The first kappa shape index (κ1) is 22.4. The average molecular weight is 427 g/mol. The second kappa shape index (κ2) is 10.7. The van der Waals surface area contributed by atoms with Gasteiger partial charge in [-0.15, -0.1) is 0 Å². The molecule has 1 aliphatic heterocycles. The van der Waals surface area contributed by atoms with Gasteiger partial charge in [-0.1, -0.05) is 32.0 Å². The Morgan fingerprint density at radius 3 is 2.61 bits per heavy atom. The van der Waals surface area contributed by atoms with Gasteiger partial charge in [-0.3, -0.25) is 9.78 Å². The Morgan fingerprint density at radius 1 is 1.16 bits per heavy atom. The number of para-hydroxylation sites is 1. The molecule has 0 spiro atoms. The fraction of sp³-hybridized carbons (Fsp3) is 0.435. The Kier molecular flexibility index (Phi) is 7.70. The molecule has 1 fully saturated rings. The van der Waals surface area contributed by atoms with Crippen LogP contribution >= 0.6 is 0 Å². The molecule has 2 heterocycles. The van der Waals surface area contributed by atoms with Crippen LogP contribution in [0.3, 0.4) is 0 Å². The minimum Gasteiger partial charge on any atom is -0.483 e. The number of carbonyl (C=O) groups excluding carboxylic acids is 2. The molecular formula is C23H30N4O4. The Morgan fingerprint density at radius 2 is 1.90 bits per heavy atom. The molecule has 0 unspecified atom stereocenters. The minimum atomic E-state index is -0.322. The normalized spacial score (nSPS) is 14.7. The Bertz CT molecular complexity index is 897. The van der Waals surface area contributed by atoms with Crippen LogP contribution in [0, 0.1) is 0 Å². The van der Waals surface area contributed by atoms with Gasteiger partial charge in [0.15, 0.2) is 6.61 Å². The number of methoxy groups -OCH3 is 1. The lowest BCUT2D eigenvalue weighted by molar-refractivity contribution is -0.118. The van der Waals surface area contributed by atoms with Crippen molar-refractivity contribution >= 4 is 23.4 Å². The number of benzene rings is 1. The van der Waals surface area contributed by atoms with Crippen LogP contribution in [0.1, 0.15) is 31.7 Å². The maximum Gasteiger partial charge on any atom is 0.409 e. The highest BCUT2D eigenvalue weighted by Gasteiger charge is 2.23. The Labute approximate surface area is 183 Å². The third-order valence-corrected chi connectivity index (χ3v) is 5.55. The highest BCUT2D eigenvalue weighted by Crippen LogP contribution is 2.29. The molecule has 1 aromatic carbocycles. The first-order valence-corrected chi connectivity index (χ1v) is 10.6. The predicted molar refractivity (Wildman–Crippen MR) is 120 cm³/mol. The first-order chi connectivity index (χ1) is 15.0. The number of anilines is 2. The zero-order chi connectivity index (χ0) is 22.2. The molecule has 3 rings (SSSR count). The lowest BCUT2D eigenvalue weighted by atomic mass is 9.98. The van der Waals surface area contributed by atoms with Crippen molar-refractivity contribution in [2.75, 3.05) is 50.1 Å². The van der Waals surface area contributed by atoms with Gasteiger partial charge in [0.05, 0.1) is 24.7 Å². The molecule has 0 saturated carbocycles. The molecule has 8 heteroatoms. The van der Waals surface area contributed by atoms with E-state index < -0.39 is 0 Å². The van der Waals surface area contributed by atoms with Gasteiger partial charge in [0.2, 0.25) is 0 Å². The number of piperazine rings is 1. The third kappa shape index (κ3) is 5.65. The maximum atomic E-state index is 12.6. The number of rotatable bonds is 7. The largest absolute Gasteiger partial charge is 0.483 e. The second-order valence-corrected chi connectivity index (χ2v) is 7.52. The van der Waals surface area contributed by atoms with E-state index in [-0.39, 0.29) is 18.6 Å². The Balaban J connectivity index is 1.61. The fourth-order valence-electron chi connectivity index (χ4n) is 3.59. The minimum absolute atomic E-state index is 0.0854. The summed E-state index contributed by atoms with van der Waals surface area (Å²) in [5.41, 5.74) is 2.59. The molecule has 166 valence electrons. The maximum absolute atomic E-state index is 12.6. The number of nitrogens with one attached hydrogen (secondary N) is 1. The predicted octanol–water partition coefficient (Wildman–Crippen LogP) is 3.50. The van der Waals surface area contributed by atoms with E-state index in [4.69, 9.17) is 9.47 Å². The van der Waals surface area contributed by atoms with Crippen molar-refractivity contribution in [3.63, 3.8) is 0 Å². The summed E-state index contributed by atoms with van der Waals surface area (Å²) in [5.74, 6) is 0.839. The summed E-state index contributed by atoms with van der Waals surface area (Å²) in [7, 11) is 1.38. The summed E-state index contributed by atoms with van der Waals surface area (Å²) in [4.78, 5) is 32.2. The molecule has 0 bridgehead atoms. The van der Waals surface area contributed by atoms with Crippen molar-refractivity contribution in [3.05, 3.63) is 48.3 Å². The zero-order valence-corrected chi connectivity index (χ0v) is 18.3. The van der Waals surface area contributed by atoms with Crippen LogP contribution in [0.4, 0.5) is 16.2 Å². The van der Waals surface area contributed by atoms with Crippen LogP contribution in [-0.2, 0) is 9.53 Å². The van der Waals surface area contributed by atoms with Gasteiger partial charge in [-0.25, -0.2) is 4.79 Å². The molecule has 2 aromatic rings. The first-order valence-electron chi connectivity index (χ1n) is 10.6. The third-order valence-electron chi connectivity index (χ3n) is 5.55. The van der Waals surface area contributed by atoms with E-state index in [2.05, 4.69) is 29.0 Å². The highest BCUT2D eigenvalue weighted by atomic mass is 16.5. The number of hydrogen-bond donors (Lipinski definition) is 1. The molecule has 1 saturated heterocycles. The lowest BCUT2D eigenvalue weighted by Crippen LogP contribution is -2.49. The van der Waals surface area contributed by atoms with E-state index in [0.717, 1.165) is 23.4 Å². The highest BCUT2D eigenvalue weighted by molar-refractivity contribution is 5.95. The van der Waals surface area contributed by atoms with Gasteiger partial charge in [0, 0.05) is 32.4 Å². The van der Waals surface area contributed by atoms with E-state index in [9.17, 15) is 9.59 Å². The summed E-state index contributed by atoms with van der Waals surface area (Å²) in [6.07, 6.45) is 4.00. The smallest absolute Gasteiger partial charge is 0.409 e. The van der Waals surface area contributed by atoms with Crippen molar-refractivity contribution in [3.8, 4) is 5.75 Å². The number of ether oxygens (including phenoxy) is 2. The molecule has 1 atom stereocenters. The molecular weight excluding hydrogens is 396 g/mol. The second-order valence-electron chi connectivity index (χ2n) is 7.52. The van der Waals surface area contributed by atoms with Crippen LogP contribution in [-0.4, -0.2) is 61.8 Å². The van der Waals surface area contributed by atoms with Crippen LogP contribution in [0.2, 0.25) is 0 Å². The summed E-state index contributed by atoms with van der Waals surface area (Å²) in [6, 6.07) is 9.69. The topological polar surface area (TPSA) is 84.0 Å². The van der Waals surface area contributed by atoms with Crippen molar-refractivity contribution in [1.82, 2.24) is 9.88 Å². The van der Waals surface area contributed by atoms with E-state index >= 15 is 0 Å². The summed E-state index contributed by atoms with van der Waals surface area (Å²) in [5, 5.41) is 2.91. The molecule has 1 aromatic heterocycles. The summed E-state index contributed by atoms with van der Waals surface area (Å²) < 4.78 is 10.6. The monoisotopic (exact) mass is 426 g/mol. The molecule has 8 nitrogen and oxygen atoms in total. The van der Waals surface area contributed by atoms with Crippen LogP contribution < -0.4 is 15.0 Å². The zero-order valence-electron chi connectivity index (χ0n) is 18.3. The Hall–Kier alpha value is -3.29. The molecule has 1 N–H and O–H groups in total. The number of hydrogen-bond acceptors (Lipinski definition) is 6. The SMILES string of the molecule is CC[C@@H](C)c1ccccc1OCC(=O)Nc1cnccc1N1CCN(C(=O)OC)CC1.